The topological polar surface area (TPSA) is 57.2 Å². The minimum Gasteiger partial charge on any atom is -0.489 e. The molecule has 2 aliphatic heterocycles. The Labute approximate surface area is 207 Å². The molecular formula is C27H26BrNO5. The smallest absolute Gasteiger partial charge is 0.410 e. The normalized spacial score (nSPS) is 16.2. The Morgan fingerprint density at radius 3 is 2.68 bits per heavy atom. The molecule has 1 unspecified atom stereocenters. The Hall–Kier alpha value is -3.19. The maximum Gasteiger partial charge on any atom is 0.410 e. The molecule has 0 saturated carbocycles. The Morgan fingerprint density at radius 1 is 1.09 bits per heavy atom. The van der Waals surface area contributed by atoms with Gasteiger partial charge in [-0.05, 0) is 66.3 Å². The highest BCUT2D eigenvalue weighted by atomic mass is 79.9. The van der Waals surface area contributed by atoms with E-state index in [1.807, 2.05) is 60.4 Å². The van der Waals surface area contributed by atoms with Gasteiger partial charge in [-0.1, -0.05) is 52.3 Å². The minimum atomic E-state index is -0.300. The lowest BCUT2D eigenvalue weighted by atomic mass is 9.88. The number of amides is 1. The van der Waals surface area contributed by atoms with Crippen molar-refractivity contribution < 1.29 is 23.7 Å². The monoisotopic (exact) mass is 523 g/mol. The molecule has 0 aromatic heterocycles. The average molecular weight is 524 g/mol. The predicted octanol–water partition coefficient (Wildman–Crippen LogP) is 6.06. The van der Waals surface area contributed by atoms with Gasteiger partial charge in [-0.25, -0.2) is 4.79 Å². The third-order valence-electron chi connectivity index (χ3n) is 6.18. The second-order valence-electron chi connectivity index (χ2n) is 8.29. The molecule has 3 aromatic rings. The van der Waals surface area contributed by atoms with E-state index in [-0.39, 0.29) is 18.9 Å². The lowest BCUT2D eigenvalue weighted by Gasteiger charge is -2.37. The summed E-state index contributed by atoms with van der Waals surface area (Å²) in [6, 6.07) is 20.0. The SMILES string of the molecule is CCOC(=O)N1CCc2ccc(OCc3ccccc3)cc2C1Cc1cc2c(cc1Br)OCO2. The van der Waals surface area contributed by atoms with Crippen LogP contribution in [0, 0.1) is 0 Å². The van der Waals surface area contributed by atoms with Gasteiger partial charge in [0.2, 0.25) is 6.79 Å². The molecule has 0 radical (unpaired) electrons. The molecule has 0 bridgehead atoms. The van der Waals surface area contributed by atoms with Crippen LogP contribution in [0.15, 0.2) is 65.1 Å². The fraction of sp³-hybridized carbons (Fsp3) is 0.296. The van der Waals surface area contributed by atoms with E-state index in [0.717, 1.165) is 44.8 Å². The van der Waals surface area contributed by atoms with Gasteiger partial charge in [0.1, 0.15) is 12.4 Å². The number of rotatable bonds is 6. The molecule has 0 spiro atoms. The van der Waals surface area contributed by atoms with E-state index in [4.69, 9.17) is 18.9 Å². The van der Waals surface area contributed by atoms with Crippen LogP contribution in [0.4, 0.5) is 4.79 Å². The van der Waals surface area contributed by atoms with Crippen LogP contribution in [0.25, 0.3) is 0 Å². The van der Waals surface area contributed by atoms with Crippen molar-refractivity contribution in [2.75, 3.05) is 19.9 Å². The number of carbonyl (C=O) groups is 1. The van der Waals surface area contributed by atoms with Gasteiger partial charge < -0.3 is 23.8 Å². The van der Waals surface area contributed by atoms with E-state index in [1.54, 1.807) is 0 Å². The van der Waals surface area contributed by atoms with Crippen LogP contribution in [0.3, 0.4) is 0 Å². The first-order valence-corrected chi connectivity index (χ1v) is 12.2. The second-order valence-corrected chi connectivity index (χ2v) is 9.15. The number of ether oxygens (including phenoxy) is 4. The Bertz CT molecular complexity index is 1180. The maximum atomic E-state index is 12.9. The van der Waals surface area contributed by atoms with Gasteiger partial charge in [-0.15, -0.1) is 0 Å². The predicted molar refractivity (Wildman–Crippen MR) is 131 cm³/mol. The summed E-state index contributed by atoms with van der Waals surface area (Å²) in [4.78, 5) is 14.7. The van der Waals surface area contributed by atoms with Crippen molar-refractivity contribution >= 4 is 22.0 Å². The highest BCUT2D eigenvalue weighted by molar-refractivity contribution is 9.10. The lowest BCUT2D eigenvalue weighted by molar-refractivity contribution is 0.0863. The first kappa shape index (κ1) is 22.6. The highest BCUT2D eigenvalue weighted by Gasteiger charge is 2.33. The van der Waals surface area contributed by atoms with E-state index in [1.165, 1.54) is 5.56 Å². The van der Waals surface area contributed by atoms with Gasteiger partial charge in [0.05, 0.1) is 12.6 Å². The van der Waals surface area contributed by atoms with Crippen molar-refractivity contribution in [1.29, 1.82) is 0 Å². The molecule has 0 aliphatic carbocycles. The number of benzene rings is 3. The lowest BCUT2D eigenvalue weighted by Crippen LogP contribution is -2.41. The summed E-state index contributed by atoms with van der Waals surface area (Å²) in [5.74, 6) is 2.22. The summed E-state index contributed by atoms with van der Waals surface area (Å²) in [7, 11) is 0. The van der Waals surface area contributed by atoms with Crippen molar-refractivity contribution in [3.63, 3.8) is 0 Å². The van der Waals surface area contributed by atoms with Gasteiger partial charge in [-0.3, -0.25) is 0 Å². The van der Waals surface area contributed by atoms with E-state index >= 15 is 0 Å². The van der Waals surface area contributed by atoms with E-state index < -0.39 is 0 Å². The summed E-state index contributed by atoms with van der Waals surface area (Å²) in [5.41, 5.74) is 4.44. The van der Waals surface area contributed by atoms with Crippen molar-refractivity contribution in [3.05, 3.63) is 87.4 Å². The third kappa shape index (κ3) is 4.71. The molecule has 34 heavy (non-hydrogen) atoms. The standard InChI is InChI=1S/C27H26BrNO5/c1-2-31-27(30)29-11-10-19-8-9-21(32-16-18-6-4-3-5-7-18)14-22(19)24(29)12-20-13-25-26(15-23(20)28)34-17-33-25/h3-9,13-15,24H,2,10-12,16-17H2,1H3. The van der Waals surface area contributed by atoms with Gasteiger partial charge in [-0.2, -0.15) is 0 Å². The molecule has 2 heterocycles. The van der Waals surface area contributed by atoms with Crippen LogP contribution >= 0.6 is 15.9 Å². The van der Waals surface area contributed by atoms with Crippen molar-refractivity contribution in [1.82, 2.24) is 4.90 Å². The largest absolute Gasteiger partial charge is 0.489 e. The molecule has 0 saturated heterocycles. The third-order valence-corrected chi connectivity index (χ3v) is 6.92. The van der Waals surface area contributed by atoms with Crippen LogP contribution in [0.5, 0.6) is 17.2 Å². The van der Waals surface area contributed by atoms with Crippen molar-refractivity contribution in [2.45, 2.75) is 32.4 Å². The maximum absolute atomic E-state index is 12.9. The second kappa shape index (κ2) is 9.97. The zero-order valence-corrected chi connectivity index (χ0v) is 20.5. The molecule has 5 rings (SSSR count). The summed E-state index contributed by atoms with van der Waals surface area (Å²) >= 11 is 3.67. The Kier molecular flexibility index (Phi) is 6.63. The van der Waals surface area contributed by atoms with Gasteiger partial charge >= 0.3 is 6.09 Å². The molecule has 3 aromatic carbocycles. The molecule has 0 fully saturated rings. The molecule has 1 atom stereocenters. The van der Waals surface area contributed by atoms with Gasteiger partial charge in [0, 0.05) is 11.0 Å². The molecular weight excluding hydrogens is 498 g/mol. The first-order valence-electron chi connectivity index (χ1n) is 11.4. The fourth-order valence-electron chi connectivity index (χ4n) is 4.48. The zero-order valence-electron chi connectivity index (χ0n) is 19.0. The zero-order chi connectivity index (χ0) is 23.5. The Morgan fingerprint density at radius 2 is 1.88 bits per heavy atom. The summed E-state index contributed by atoms with van der Waals surface area (Å²) < 4.78 is 23.5. The molecule has 1 amide bonds. The van der Waals surface area contributed by atoms with Crippen molar-refractivity contribution in [2.24, 2.45) is 0 Å². The molecule has 176 valence electrons. The van der Waals surface area contributed by atoms with Crippen LogP contribution in [0.1, 0.15) is 35.2 Å². The van der Waals surface area contributed by atoms with Crippen LogP contribution in [-0.2, 0) is 24.2 Å². The van der Waals surface area contributed by atoms with E-state index in [9.17, 15) is 4.79 Å². The number of nitrogens with zero attached hydrogens (tertiary/aromatic N) is 1. The average Bonchev–Trinajstić information content (AvgIpc) is 3.31. The minimum absolute atomic E-state index is 0.195. The van der Waals surface area contributed by atoms with E-state index in [0.29, 0.717) is 26.2 Å². The highest BCUT2D eigenvalue weighted by Crippen LogP contribution is 2.41. The first-order chi connectivity index (χ1) is 16.6. The number of hydrogen-bond acceptors (Lipinski definition) is 5. The fourth-order valence-corrected chi connectivity index (χ4v) is 4.96. The van der Waals surface area contributed by atoms with Crippen molar-refractivity contribution in [3.8, 4) is 17.2 Å². The van der Waals surface area contributed by atoms with Gasteiger partial charge in [0.25, 0.3) is 0 Å². The molecule has 2 aliphatic rings. The number of hydrogen-bond donors (Lipinski definition) is 0. The van der Waals surface area contributed by atoms with E-state index in [2.05, 4.69) is 28.1 Å². The summed E-state index contributed by atoms with van der Waals surface area (Å²) in [6.45, 7) is 3.47. The molecule has 0 N–H and O–H groups in total. The summed E-state index contributed by atoms with van der Waals surface area (Å²) in [5, 5.41) is 0. The number of fused-ring (bicyclic) bond motifs is 2. The van der Waals surface area contributed by atoms with Crippen LogP contribution in [0.2, 0.25) is 0 Å². The van der Waals surface area contributed by atoms with Crippen LogP contribution < -0.4 is 14.2 Å². The number of halogens is 1. The Balaban J connectivity index is 1.46. The summed E-state index contributed by atoms with van der Waals surface area (Å²) in [6.07, 6.45) is 1.07. The quantitative estimate of drug-likeness (QED) is 0.393. The molecule has 7 heteroatoms. The molecule has 6 nitrogen and oxygen atoms in total. The van der Waals surface area contributed by atoms with Crippen LogP contribution in [-0.4, -0.2) is 30.9 Å². The number of carbonyl (C=O) groups excluding carboxylic acids is 1. The van der Waals surface area contributed by atoms with Gasteiger partial charge in [0.15, 0.2) is 11.5 Å².